The molecule has 0 spiro atoms. The van der Waals surface area contributed by atoms with Crippen molar-refractivity contribution >= 4 is 6.29 Å². The molecular formula is C11H16O2. The van der Waals surface area contributed by atoms with Crippen molar-refractivity contribution in [1.82, 2.24) is 0 Å². The Labute approximate surface area is 79.7 Å². The largest absolute Gasteiger partial charge is 0.380 e. The molecule has 1 unspecified atom stereocenters. The topological polar surface area (TPSA) is 26.3 Å². The van der Waals surface area contributed by atoms with Crippen LogP contribution in [0.25, 0.3) is 0 Å². The Morgan fingerprint density at radius 1 is 1.62 bits per heavy atom. The fourth-order valence-corrected chi connectivity index (χ4v) is 1.77. The highest BCUT2D eigenvalue weighted by atomic mass is 16.5. The first kappa shape index (κ1) is 10.3. The lowest BCUT2D eigenvalue weighted by atomic mass is 9.79. The number of rotatable bonds is 4. The van der Waals surface area contributed by atoms with Crippen LogP contribution in [0, 0.1) is 17.8 Å². The van der Waals surface area contributed by atoms with Gasteiger partial charge < -0.3 is 9.53 Å². The zero-order valence-corrected chi connectivity index (χ0v) is 7.92. The molecule has 1 aliphatic rings. The molecule has 13 heavy (non-hydrogen) atoms. The molecule has 0 bridgehead atoms. The Hall–Kier alpha value is -0.810. The van der Waals surface area contributed by atoms with Crippen LogP contribution in [0.5, 0.6) is 0 Å². The van der Waals surface area contributed by atoms with Crippen LogP contribution in [-0.4, -0.2) is 19.5 Å². The summed E-state index contributed by atoms with van der Waals surface area (Å²) in [5, 5.41) is 0. The predicted molar refractivity (Wildman–Crippen MR) is 51.2 cm³/mol. The van der Waals surface area contributed by atoms with Gasteiger partial charge in [0.25, 0.3) is 0 Å². The SMILES string of the molecule is C#CCCCC1(C=O)CCCOC1. The van der Waals surface area contributed by atoms with E-state index in [4.69, 9.17) is 11.2 Å². The van der Waals surface area contributed by atoms with Crippen molar-refractivity contribution in [3.63, 3.8) is 0 Å². The van der Waals surface area contributed by atoms with Crippen molar-refractivity contribution in [3.05, 3.63) is 0 Å². The fourth-order valence-electron chi connectivity index (χ4n) is 1.77. The van der Waals surface area contributed by atoms with Gasteiger partial charge in [-0.25, -0.2) is 0 Å². The first-order valence-corrected chi connectivity index (χ1v) is 4.80. The summed E-state index contributed by atoms with van der Waals surface area (Å²) in [5.41, 5.74) is -0.227. The van der Waals surface area contributed by atoms with Crippen LogP contribution >= 0.6 is 0 Å². The standard InChI is InChI=1S/C11H16O2/c1-2-3-4-6-11(9-12)7-5-8-13-10-11/h1,9H,3-8,10H2. The summed E-state index contributed by atoms with van der Waals surface area (Å²) >= 11 is 0. The molecule has 0 saturated carbocycles. The van der Waals surface area contributed by atoms with Gasteiger partial charge in [-0.05, 0) is 25.7 Å². The van der Waals surface area contributed by atoms with Crippen molar-refractivity contribution in [2.24, 2.45) is 5.41 Å². The molecule has 0 N–H and O–H groups in total. The smallest absolute Gasteiger partial charge is 0.128 e. The van der Waals surface area contributed by atoms with E-state index in [2.05, 4.69) is 5.92 Å². The van der Waals surface area contributed by atoms with E-state index in [1.54, 1.807) is 0 Å². The van der Waals surface area contributed by atoms with E-state index in [1.807, 2.05) is 0 Å². The Kier molecular flexibility index (Phi) is 3.98. The third kappa shape index (κ3) is 2.86. The first-order valence-electron chi connectivity index (χ1n) is 4.80. The number of terminal acetylenes is 1. The van der Waals surface area contributed by atoms with Gasteiger partial charge in [0.15, 0.2) is 0 Å². The summed E-state index contributed by atoms with van der Waals surface area (Å²) in [4.78, 5) is 10.9. The second-order valence-electron chi connectivity index (χ2n) is 3.69. The molecule has 1 rings (SSSR count). The van der Waals surface area contributed by atoms with Gasteiger partial charge in [0.1, 0.15) is 6.29 Å². The van der Waals surface area contributed by atoms with Crippen molar-refractivity contribution in [2.45, 2.75) is 32.1 Å². The Bertz CT molecular complexity index is 197. The Balaban J connectivity index is 2.39. The van der Waals surface area contributed by atoms with Gasteiger partial charge in [-0.15, -0.1) is 12.3 Å². The normalized spacial score (nSPS) is 27.9. The van der Waals surface area contributed by atoms with Gasteiger partial charge in [-0.1, -0.05) is 0 Å². The average Bonchev–Trinajstić information content (AvgIpc) is 2.20. The average molecular weight is 180 g/mol. The van der Waals surface area contributed by atoms with Crippen LogP contribution < -0.4 is 0 Å². The maximum atomic E-state index is 10.9. The van der Waals surface area contributed by atoms with Crippen LogP contribution in [0.3, 0.4) is 0 Å². The summed E-state index contributed by atoms with van der Waals surface area (Å²) in [6.07, 6.45) is 10.7. The summed E-state index contributed by atoms with van der Waals surface area (Å²) in [6.45, 7) is 1.38. The molecule has 2 nitrogen and oxygen atoms in total. The molecule has 1 saturated heterocycles. The van der Waals surface area contributed by atoms with Crippen LogP contribution in [0.2, 0.25) is 0 Å². The molecule has 2 heteroatoms. The quantitative estimate of drug-likeness (QED) is 0.374. The van der Waals surface area contributed by atoms with Gasteiger partial charge in [0.2, 0.25) is 0 Å². The lowest BCUT2D eigenvalue weighted by Gasteiger charge is -2.31. The number of ether oxygens (including phenoxy) is 1. The summed E-state index contributed by atoms with van der Waals surface area (Å²) < 4.78 is 5.32. The molecule has 1 atom stereocenters. The lowest BCUT2D eigenvalue weighted by Crippen LogP contribution is -2.33. The van der Waals surface area contributed by atoms with Crippen molar-refractivity contribution in [3.8, 4) is 12.3 Å². The van der Waals surface area contributed by atoms with Crippen LogP contribution in [-0.2, 0) is 9.53 Å². The highest BCUT2D eigenvalue weighted by molar-refractivity contribution is 5.59. The monoisotopic (exact) mass is 180 g/mol. The number of unbranched alkanes of at least 4 members (excludes halogenated alkanes) is 1. The highest BCUT2D eigenvalue weighted by Crippen LogP contribution is 2.31. The van der Waals surface area contributed by atoms with Crippen molar-refractivity contribution in [1.29, 1.82) is 0 Å². The zero-order chi connectivity index (χ0) is 9.57. The van der Waals surface area contributed by atoms with E-state index in [9.17, 15) is 4.79 Å². The summed E-state index contributed by atoms with van der Waals surface area (Å²) in [5.74, 6) is 2.59. The maximum Gasteiger partial charge on any atom is 0.128 e. The molecule has 1 heterocycles. The molecule has 0 radical (unpaired) electrons. The molecule has 0 aliphatic carbocycles. The minimum Gasteiger partial charge on any atom is -0.380 e. The number of hydrogen-bond acceptors (Lipinski definition) is 2. The van der Waals surface area contributed by atoms with Gasteiger partial charge in [-0.2, -0.15) is 0 Å². The molecule has 0 aromatic rings. The zero-order valence-electron chi connectivity index (χ0n) is 7.92. The first-order chi connectivity index (χ1) is 6.33. The van der Waals surface area contributed by atoms with E-state index in [1.165, 1.54) is 0 Å². The van der Waals surface area contributed by atoms with Gasteiger partial charge in [0.05, 0.1) is 6.61 Å². The molecule has 0 aromatic carbocycles. The van der Waals surface area contributed by atoms with E-state index in [0.29, 0.717) is 6.61 Å². The minimum absolute atomic E-state index is 0.227. The van der Waals surface area contributed by atoms with Crippen molar-refractivity contribution < 1.29 is 9.53 Å². The van der Waals surface area contributed by atoms with Crippen LogP contribution in [0.4, 0.5) is 0 Å². The predicted octanol–water partition coefficient (Wildman–Crippen LogP) is 1.79. The number of aldehydes is 1. The Morgan fingerprint density at radius 2 is 2.46 bits per heavy atom. The molecule has 1 fully saturated rings. The van der Waals surface area contributed by atoms with E-state index in [-0.39, 0.29) is 5.41 Å². The number of hydrogen-bond donors (Lipinski definition) is 0. The second-order valence-corrected chi connectivity index (χ2v) is 3.69. The van der Waals surface area contributed by atoms with Crippen LogP contribution in [0.15, 0.2) is 0 Å². The lowest BCUT2D eigenvalue weighted by molar-refractivity contribution is -0.124. The third-order valence-corrected chi connectivity index (χ3v) is 2.60. The molecule has 0 aromatic heterocycles. The van der Waals surface area contributed by atoms with Crippen molar-refractivity contribution in [2.75, 3.05) is 13.2 Å². The third-order valence-electron chi connectivity index (χ3n) is 2.60. The van der Waals surface area contributed by atoms with Gasteiger partial charge in [0, 0.05) is 18.4 Å². The molecule has 1 aliphatic heterocycles. The maximum absolute atomic E-state index is 10.9. The highest BCUT2D eigenvalue weighted by Gasteiger charge is 2.31. The van der Waals surface area contributed by atoms with E-state index in [0.717, 1.165) is 45.0 Å². The second kappa shape index (κ2) is 5.04. The Morgan fingerprint density at radius 3 is 3.00 bits per heavy atom. The van der Waals surface area contributed by atoms with Gasteiger partial charge in [-0.3, -0.25) is 0 Å². The van der Waals surface area contributed by atoms with E-state index < -0.39 is 0 Å². The minimum atomic E-state index is -0.227. The number of carbonyl (C=O) groups is 1. The fraction of sp³-hybridized carbons (Fsp3) is 0.727. The number of carbonyl (C=O) groups excluding carboxylic acids is 1. The van der Waals surface area contributed by atoms with E-state index >= 15 is 0 Å². The molecule has 0 amide bonds. The summed E-state index contributed by atoms with van der Waals surface area (Å²) in [6, 6.07) is 0. The van der Waals surface area contributed by atoms with Crippen LogP contribution in [0.1, 0.15) is 32.1 Å². The molecular weight excluding hydrogens is 164 g/mol. The molecule has 72 valence electrons. The summed E-state index contributed by atoms with van der Waals surface area (Å²) in [7, 11) is 0. The van der Waals surface area contributed by atoms with Gasteiger partial charge >= 0.3 is 0 Å².